The van der Waals surface area contributed by atoms with Crippen molar-refractivity contribution in [3.63, 3.8) is 0 Å². The monoisotopic (exact) mass is 385 g/mol. The molecule has 148 valence electrons. The van der Waals surface area contributed by atoms with Gasteiger partial charge in [0.05, 0.1) is 17.4 Å². The molecule has 0 unspecified atom stereocenters. The minimum absolute atomic E-state index is 0.0266. The normalized spacial score (nSPS) is 13.7. The molecule has 4 rings (SSSR count). The lowest BCUT2D eigenvalue weighted by atomic mass is 9.87. The van der Waals surface area contributed by atoms with E-state index in [0.29, 0.717) is 12.1 Å². The van der Waals surface area contributed by atoms with Gasteiger partial charge in [-0.05, 0) is 46.7 Å². The van der Waals surface area contributed by atoms with E-state index < -0.39 is 0 Å². The molecule has 0 bridgehead atoms. The van der Waals surface area contributed by atoms with Gasteiger partial charge >= 0.3 is 0 Å². The zero-order valence-corrected chi connectivity index (χ0v) is 17.3. The summed E-state index contributed by atoms with van der Waals surface area (Å²) in [6.45, 7) is 8.00. The predicted molar refractivity (Wildman–Crippen MR) is 118 cm³/mol. The van der Waals surface area contributed by atoms with Gasteiger partial charge in [0.15, 0.2) is 0 Å². The van der Waals surface area contributed by atoms with E-state index in [2.05, 4.69) is 73.5 Å². The molecule has 0 spiro atoms. The SMILES string of the molecule is CC(C)(C)c1ccc(Nc2cncc(C(=O)N3CCc4ccccc4C3)c2)cc1. The van der Waals surface area contributed by atoms with Crippen LogP contribution >= 0.6 is 0 Å². The van der Waals surface area contributed by atoms with Crippen LogP contribution in [0.25, 0.3) is 0 Å². The highest BCUT2D eigenvalue weighted by Gasteiger charge is 2.22. The maximum Gasteiger partial charge on any atom is 0.255 e. The Morgan fingerprint density at radius 2 is 1.69 bits per heavy atom. The number of carbonyl (C=O) groups excluding carboxylic acids is 1. The number of amides is 1. The molecular weight excluding hydrogens is 358 g/mol. The van der Waals surface area contributed by atoms with Gasteiger partial charge in [-0.25, -0.2) is 0 Å². The zero-order chi connectivity index (χ0) is 20.4. The van der Waals surface area contributed by atoms with Crippen molar-refractivity contribution in [3.05, 3.63) is 89.2 Å². The smallest absolute Gasteiger partial charge is 0.255 e. The highest BCUT2D eigenvalue weighted by Crippen LogP contribution is 2.25. The van der Waals surface area contributed by atoms with E-state index in [0.717, 1.165) is 24.3 Å². The number of carbonyl (C=O) groups is 1. The first-order valence-corrected chi connectivity index (χ1v) is 10.1. The fourth-order valence-corrected chi connectivity index (χ4v) is 3.70. The molecule has 1 aliphatic rings. The van der Waals surface area contributed by atoms with Crippen molar-refractivity contribution in [2.75, 3.05) is 11.9 Å². The lowest BCUT2D eigenvalue weighted by Crippen LogP contribution is -2.36. The van der Waals surface area contributed by atoms with Gasteiger partial charge in [0.2, 0.25) is 0 Å². The number of hydrogen-bond acceptors (Lipinski definition) is 3. The largest absolute Gasteiger partial charge is 0.354 e. The van der Waals surface area contributed by atoms with Gasteiger partial charge in [0.25, 0.3) is 5.91 Å². The molecule has 1 N–H and O–H groups in total. The first-order valence-electron chi connectivity index (χ1n) is 10.1. The van der Waals surface area contributed by atoms with Crippen LogP contribution in [0.5, 0.6) is 0 Å². The summed E-state index contributed by atoms with van der Waals surface area (Å²) >= 11 is 0. The molecule has 2 heterocycles. The maximum absolute atomic E-state index is 13.0. The summed E-state index contributed by atoms with van der Waals surface area (Å²) in [5.41, 5.74) is 6.39. The van der Waals surface area contributed by atoms with E-state index in [-0.39, 0.29) is 11.3 Å². The molecule has 0 radical (unpaired) electrons. The number of aromatic nitrogens is 1. The number of rotatable bonds is 3. The highest BCUT2D eigenvalue weighted by molar-refractivity contribution is 5.95. The Hall–Kier alpha value is -3.14. The van der Waals surface area contributed by atoms with E-state index in [9.17, 15) is 4.79 Å². The Bertz CT molecular complexity index is 1020. The molecule has 1 aliphatic heterocycles. The second kappa shape index (κ2) is 7.70. The van der Waals surface area contributed by atoms with Crippen molar-refractivity contribution in [3.8, 4) is 0 Å². The minimum atomic E-state index is 0.0266. The van der Waals surface area contributed by atoms with Crippen molar-refractivity contribution in [2.45, 2.75) is 39.2 Å². The van der Waals surface area contributed by atoms with Gasteiger partial charge < -0.3 is 10.2 Å². The van der Waals surface area contributed by atoms with Crippen molar-refractivity contribution >= 4 is 17.3 Å². The Balaban J connectivity index is 1.48. The molecule has 0 fully saturated rings. The summed E-state index contributed by atoms with van der Waals surface area (Å²) in [6, 6.07) is 18.6. The number of nitrogens with zero attached hydrogens (tertiary/aromatic N) is 2. The van der Waals surface area contributed by atoms with Gasteiger partial charge in [-0.3, -0.25) is 9.78 Å². The fraction of sp³-hybridized carbons (Fsp3) is 0.280. The molecule has 3 aromatic rings. The second-order valence-corrected chi connectivity index (χ2v) is 8.66. The number of anilines is 2. The van der Waals surface area contributed by atoms with Gasteiger partial charge in [0, 0.05) is 25.0 Å². The van der Waals surface area contributed by atoms with Gasteiger partial charge in [-0.15, -0.1) is 0 Å². The Morgan fingerprint density at radius 1 is 0.966 bits per heavy atom. The number of nitrogens with one attached hydrogen (secondary N) is 1. The van der Waals surface area contributed by atoms with Crippen LogP contribution in [0.15, 0.2) is 67.0 Å². The van der Waals surface area contributed by atoms with Crippen LogP contribution in [0, 0.1) is 0 Å². The molecule has 0 atom stereocenters. The number of fused-ring (bicyclic) bond motifs is 1. The number of pyridine rings is 1. The van der Waals surface area contributed by atoms with Gasteiger partial charge in [-0.2, -0.15) is 0 Å². The Labute approximate surface area is 172 Å². The van der Waals surface area contributed by atoms with Crippen LogP contribution in [-0.4, -0.2) is 22.3 Å². The van der Waals surface area contributed by atoms with Crippen LogP contribution in [0.2, 0.25) is 0 Å². The van der Waals surface area contributed by atoms with Crippen LogP contribution in [0.3, 0.4) is 0 Å². The van der Waals surface area contributed by atoms with Crippen LogP contribution in [0.1, 0.15) is 47.8 Å². The summed E-state index contributed by atoms with van der Waals surface area (Å²) in [5.74, 6) is 0.0266. The molecule has 0 aliphatic carbocycles. The van der Waals surface area contributed by atoms with Crippen LogP contribution < -0.4 is 5.32 Å². The molecule has 4 heteroatoms. The zero-order valence-electron chi connectivity index (χ0n) is 17.3. The second-order valence-electron chi connectivity index (χ2n) is 8.66. The van der Waals surface area contributed by atoms with Gasteiger partial charge in [-0.1, -0.05) is 57.2 Å². The number of hydrogen-bond donors (Lipinski definition) is 1. The summed E-state index contributed by atoms with van der Waals surface area (Å²) in [6.07, 6.45) is 4.30. The van der Waals surface area contributed by atoms with Crippen molar-refractivity contribution in [1.82, 2.24) is 9.88 Å². The van der Waals surface area contributed by atoms with E-state index in [4.69, 9.17) is 0 Å². The molecule has 2 aromatic carbocycles. The standard InChI is InChI=1S/C25H27N3O/c1-25(2,3)21-8-10-22(11-9-21)27-23-14-20(15-26-16-23)24(29)28-13-12-18-6-4-5-7-19(18)17-28/h4-11,14-16,27H,12-13,17H2,1-3H3. The third-order valence-corrected chi connectivity index (χ3v) is 5.44. The average Bonchev–Trinajstić information content (AvgIpc) is 2.73. The quantitative estimate of drug-likeness (QED) is 0.663. The van der Waals surface area contributed by atoms with E-state index in [1.54, 1.807) is 12.4 Å². The van der Waals surface area contributed by atoms with E-state index in [1.807, 2.05) is 17.0 Å². The summed E-state index contributed by atoms with van der Waals surface area (Å²) < 4.78 is 0. The van der Waals surface area contributed by atoms with E-state index >= 15 is 0 Å². The Kier molecular flexibility index (Phi) is 5.10. The molecule has 0 saturated carbocycles. The topological polar surface area (TPSA) is 45.2 Å². The number of benzene rings is 2. The first-order chi connectivity index (χ1) is 13.9. The van der Waals surface area contributed by atoms with E-state index in [1.165, 1.54) is 16.7 Å². The fourth-order valence-electron chi connectivity index (χ4n) is 3.70. The third-order valence-electron chi connectivity index (χ3n) is 5.44. The summed E-state index contributed by atoms with van der Waals surface area (Å²) in [4.78, 5) is 19.2. The predicted octanol–water partition coefficient (Wildman–Crippen LogP) is 5.32. The molecule has 29 heavy (non-hydrogen) atoms. The third kappa shape index (κ3) is 4.32. The highest BCUT2D eigenvalue weighted by atomic mass is 16.2. The molecule has 1 amide bonds. The van der Waals surface area contributed by atoms with Crippen molar-refractivity contribution in [2.24, 2.45) is 0 Å². The van der Waals surface area contributed by atoms with Crippen molar-refractivity contribution < 1.29 is 4.79 Å². The average molecular weight is 386 g/mol. The molecule has 1 aromatic heterocycles. The van der Waals surface area contributed by atoms with Crippen LogP contribution in [0.4, 0.5) is 11.4 Å². The summed E-state index contributed by atoms with van der Waals surface area (Å²) in [7, 11) is 0. The lowest BCUT2D eigenvalue weighted by molar-refractivity contribution is 0.0734. The van der Waals surface area contributed by atoms with Crippen molar-refractivity contribution in [1.29, 1.82) is 0 Å². The van der Waals surface area contributed by atoms with Gasteiger partial charge in [0.1, 0.15) is 0 Å². The summed E-state index contributed by atoms with van der Waals surface area (Å²) in [5, 5.41) is 3.36. The first kappa shape index (κ1) is 19.2. The Morgan fingerprint density at radius 3 is 2.41 bits per heavy atom. The molecular formula is C25H27N3O. The van der Waals surface area contributed by atoms with Crippen LogP contribution in [-0.2, 0) is 18.4 Å². The molecule has 0 saturated heterocycles. The minimum Gasteiger partial charge on any atom is -0.354 e. The maximum atomic E-state index is 13.0. The lowest BCUT2D eigenvalue weighted by Gasteiger charge is -2.29. The molecule has 4 nitrogen and oxygen atoms in total.